The Hall–Kier alpha value is -1.77. The average Bonchev–Trinajstić information content (AvgIpc) is 2.47. The molecule has 0 aliphatic heterocycles. The molecule has 2 aromatic rings. The zero-order valence-electron chi connectivity index (χ0n) is 13.9. The van der Waals surface area contributed by atoms with E-state index in [4.69, 9.17) is 15.3 Å². The molecule has 7 heteroatoms. The van der Waals surface area contributed by atoms with Crippen LogP contribution < -0.4 is 0 Å². The van der Waals surface area contributed by atoms with Gasteiger partial charge in [0.05, 0.1) is 5.56 Å². The summed E-state index contributed by atoms with van der Waals surface area (Å²) in [6, 6.07) is 4.73. The van der Waals surface area contributed by atoms with E-state index in [0.717, 1.165) is 6.07 Å². The van der Waals surface area contributed by atoms with Gasteiger partial charge in [0.1, 0.15) is 11.6 Å². The Bertz CT molecular complexity index is 719. The second-order valence-corrected chi connectivity index (χ2v) is 5.52. The van der Waals surface area contributed by atoms with Crippen LogP contribution >= 0.6 is 0 Å². The van der Waals surface area contributed by atoms with Crippen LogP contribution in [0.25, 0.3) is 10.8 Å². The number of phenols is 1. The number of hydrogen-bond donors (Lipinski definition) is 6. The molecule has 134 valence electrons. The number of rotatable bonds is 3. The number of aliphatic hydroxyl groups is 5. The van der Waals surface area contributed by atoms with E-state index >= 15 is 0 Å². The second kappa shape index (κ2) is 7.00. The maximum atomic E-state index is 14.2. The van der Waals surface area contributed by atoms with E-state index in [1.165, 1.54) is 18.2 Å². The van der Waals surface area contributed by atoms with Crippen molar-refractivity contribution in [1.82, 2.24) is 0 Å². The van der Waals surface area contributed by atoms with Crippen molar-refractivity contribution in [2.24, 2.45) is 0 Å². The molecule has 0 fully saturated rings. The fourth-order valence-electron chi connectivity index (χ4n) is 2.42. The first-order valence-corrected chi connectivity index (χ1v) is 7.54. The van der Waals surface area contributed by atoms with Gasteiger partial charge in [0.15, 0.2) is 0 Å². The number of aromatic hydroxyl groups is 1. The Labute approximate surface area is 139 Å². The van der Waals surface area contributed by atoms with Crippen LogP contribution in [0.1, 0.15) is 44.7 Å². The summed E-state index contributed by atoms with van der Waals surface area (Å²) in [5, 5.41) is 57.2. The number of fused-ring (bicyclic) bond motifs is 1. The minimum atomic E-state index is -3.98. The highest BCUT2D eigenvalue weighted by Gasteiger charge is 2.51. The fraction of sp³-hybridized carbons (Fsp3) is 0.412. The van der Waals surface area contributed by atoms with Crippen molar-refractivity contribution in [3.8, 4) is 5.75 Å². The molecule has 24 heavy (non-hydrogen) atoms. The third-order valence-corrected chi connectivity index (χ3v) is 3.52. The van der Waals surface area contributed by atoms with Crippen LogP contribution in [0.15, 0.2) is 24.3 Å². The monoisotopic (exact) mass is 342 g/mol. The van der Waals surface area contributed by atoms with Crippen molar-refractivity contribution in [2.75, 3.05) is 0 Å². The molecule has 0 saturated heterocycles. The van der Waals surface area contributed by atoms with Crippen LogP contribution in [-0.2, 0) is 5.79 Å². The molecule has 0 spiro atoms. The molecular weight excluding hydrogens is 319 g/mol. The summed E-state index contributed by atoms with van der Waals surface area (Å²) < 4.78 is 14.2. The standard InChI is InChI=1S/C15H17FO6.C2H6/c1-7(2)10-6-9(17)5-8-3-4-11(16)13(12(8)10)14(18,19)15(20,21)22;1-2/h3-7,17-22H,1-2H3;1-2H3. The lowest BCUT2D eigenvalue weighted by molar-refractivity contribution is -0.454. The first kappa shape index (κ1) is 20.3. The van der Waals surface area contributed by atoms with E-state index in [1.807, 2.05) is 13.8 Å². The van der Waals surface area contributed by atoms with Crippen molar-refractivity contribution in [2.45, 2.75) is 45.4 Å². The Morgan fingerprint density at radius 3 is 1.96 bits per heavy atom. The van der Waals surface area contributed by atoms with Crippen LogP contribution in [0.3, 0.4) is 0 Å². The van der Waals surface area contributed by atoms with Crippen molar-refractivity contribution >= 4 is 10.8 Å². The van der Waals surface area contributed by atoms with Gasteiger partial charge in [-0.3, -0.25) is 0 Å². The molecule has 2 rings (SSSR count). The first-order valence-electron chi connectivity index (χ1n) is 7.54. The zero-order chi connectivity index (χ0) is 18.9. The molecule has 0 saturated carbocycles. The van der Waals surface area contributed by atoms with Gasteiger partial charge in [-0.25, -0.2) is 4.39 Å². The fourth-order valence-corrected chi connectivity index (χ4v) is 2.42. The van der Waals surface area contributed by atoms with E-state index in [-0.39, 0.29) is 22.4 Å². The summed E-state index contributed by atoms with van der Waals surface area (Å²) in [5.41, 5.74) is -0.539. The Balaban J connectivity index is 0.00000139. The minimum absolute atomic E-state index is 0.0284. The summed E-state index contributed by atoms with van der Waals surface area (Å²) in [6.07, 6.45) is 0. The lowest BCUT2D eigenvalue weighted by atomic mass is 9.88. The van der Waals surface area contributed by atoms with Gasteiger partial charge in [-0.2, -0.15) is 0 Å². The van der Waals surface area contributed by atoms with E-state index in [0.29, 0.717) is 5.56 Å². The number of hydrogen-bond acceptors (Lipinski definition) is 6. The van der Waals surface area contributed by atoms with Gasteiger partial charge in [0.25, 0.3) is 5.79 Å². The third-order valence-electron chi connectivity index (χ3n) is 3.52. The molecule has 0 aliphatic carbocycles. The normalized spacial score (nSPS) is 12.3. The first-order chi connectivity index (χ1) is 11.0. The predicted octanol–water partition coefficient (Wildman–Crippen LogP) is 1.60. The molecule has 0 aliphatic rings. The van der Waals surface area contributed by atoms with Crippen molar-refractivity contribution in [3.63, 3.8) is 0 Å². The lowest BCUT2D eigenvalue weighted by Gasteiger charge is -2.32. The third kappa shape index (κ3) is 3.50. The van der Waals surface area contributed by atoms with E-state index in [1.54, 1.807) is 13.8 Å². The van der Waals surface area contributed by atoms with Crippen LogP contribution in [0.2, 0.25) is 0 Å². The van der Waals surface area contributed by atoms with Crippen molar-refractivity contribution in [3.05, 3.63) is 41.2 Å². The van der Waals surface area contributed by atoms with Crippen molar-refractivity contribution in [1.29, 1.82) is 0 Å². The predicted molar refractivity (Wildman–Crippen MR) is 86.5 cm³/mol. The molecule has 0 heterocycles. The molecule has 0 aromatic heterocycles. The Morgan fingerprint density at radius 2 is 1.50 bits per heavy atom. The van der Waals surface area contributed by atoms with Crippen LogP contribution in [0.4, 0.5) is 4.39 Å². The quantitative estimate of drug-likeness (QED) is 0.471. The smallest absolute Gasteiger partial charge is 0.337 e. The average molecular weight is 342 g/mol. The number of phenolic OH excluding ortho intramolecular Hbond substituents is 1. The number of benzene rings is 2. The minimum Gasteiger partial charge on any atom is -0.508 e. The highest BCUT2D eigenvalue weighted by Crippen LogP contribution is 2.40. The molecule has 0 radical (unpaired) electrons. The summed E-state index contributed by atoms with van der Waals surface area (Å²) in [4.78, 5) is 0. The molecule has 6 N–H and O–H groups in total. The maximum absolute atomic E-state index is 14.2. The second-order valence-electron chi connectivity index (χ2n) is 5.52. The molecule has 0 atom stereocenters. The molecule has 0 unspecified atom stereocenters. The maximum Gasteiger partial charge on any atom is 0.337 e. The SMILES string of the molecule is CC.CC(C)c1cc(O)cc2ccc(F)c(C(O)(O)C(O)(O)O)c12. The topological polar surface area (TPSA) is 121 Å². The van der Waals surface area contributed by atoms with Crippen LogP contribution in [0.5, 0.6) is 5.75 Å². The van der Waals surface area contributed by atoms with Gasteiger partial charge in [-0.05, 0) is 40.5 Å². The van der Waals surface area contributed by atoms with Gasteiger partial charge in [-0.15, -0.1) is 0 Å². The van der Waals surface area contributed by atoms with E-state index < -0.39 is 23.1 Å². The van der Waals surface area contributed by atoms with Crippen molar-refractivity contribution < 1.29 is 35.0 Å². The van der Waals surface area contributed by atoms with E-state index in [9.17, 15) is 19.7 Å². The highest BCUT2D eigenvalue weighted by molar-refractivity contribution is 5.91. The van der Waals surface area contributed by atoms with Gasteiger partial charge in [-0.1, -0.05) is 33.8 Å². The zero-order valence-corrected chi connectivity index (χ0v) is 13.9. The molecule has 0 amide bonds. The lowest BCUT2D eigenvalue weighted by Crippen LogP contribution is -2.52. The van der Waals surface area contributed by atoms with Gasteiger partial charge < -0.3 is 30.6 Å². The Morgan fingerprint density at radius 1 is 0.958 bits per heavy atom. The molecule has 2 aromatic carbocycles. The largest absolute Gasteiger partial charge is 0.508 e. The molecular formula is C17H23FO6. The molecule has 0 bridgehead atoms. The Kier molecular flexibility index (Phi) is 5.91. The van der Waals surface area contributed by atoms with E-state index in [2.05, 4.69) is 0 Å². The van der Waals surface area contributed by atoms with Crippen LogP contribution in [-0.4, -0.2) is 36.6 Å². The summed E-state index contributed by atoms with van der Waals surface area (Å²) in [6.45, 7) is 7.45. The van der Waals surface area contributed by atoms with Gasteiger partial charge in [0, 0.05) is 0 Å². The molecule has 6 nitrogen and oxygen atoms in total. The van der Waals surface area contributed by atoms with Gasteiger partial charge >= 0.3 is 5.97 Å². The number of halogens is 1. The summed E-state index contributed by atoms with van der Waals surface area (Å²) >= 11 is 0. The summed E-state index contributed by atoms with van der Waals surface area (Å²) in [5.74, 6) is -9.16. The summed E-state index contributed by atoms with van der Waals surface area (Å²) in [7, 11) is 0. The highest BCUT2D eigenvalue weighted by atomic mass is 19.1. The van der Waals surface area contributed by atoms with Crippen LogP contribution in [0, 0.1) is 5.82 Å². The van der Waals surface area contributed by atoms with Gasteiger partial charge in [0.2, 0.25) is 0 Å².